The van der Waals surface area contributed by atoms with Crippen molar-refractivity contribution in [3.05, 3.63) is 0 Å². The summed E-state index contributed by atoms with van der Waals surface area (Å²) in [6, 6.07) is 0. The molecule has 0 atom stereocenters. The Kier molecular flexibility index (Phi) is 3.96. The molecule has 0 aliphatic heterocycles. The highest BCUT2D eigenvalue weighted by Gasteiger charge is 2.68. The van der Waals surface area contributed by atoms with Crippen molar-refractivity contribution in [2.75, 3.05) is 6.54 Å². The van der Waals surface area contributed by atoms with Crippen molar-refractivity contribution in [2.24, 2.45) is 22.7 Å². The van der Waals surface area contributed by atoms with E-state index in [0.29, 0.717) is 6.54 Å². The largest absolute Gasteiger partial charge is 0.388 e. The van der Waals surface area contributed by atoms with Crippen molar-refractivity contribution in [3.8, 4) is 0 Å². The number of carbonyl (C=O) groups is 1. The van der Waals surface area contributed by atoms with E-state index in [9.17, 15) is 9.90 Å². The Bertz CT molecular complexity index is 364. The first-order chi connectivity index (χ1) is 9.14. The van der Waals surface area contributed by atoms with Crippen LogP contribution in [0.2, 0.25) is 0 Å². The molecule has 2 saturated carbocycles. The standard InChI is InChI=1S/C17H31NO2/c1-6-12-7-9-17(20,10-8-12)11-18-14(19)13-15(2,3)16(13,4)5/h12-13,20H,6-11H2,1-5H3,(H,18,19). The first-order valence-corrected chi connectivity index (χ1v) is 8.14. The van der Waals surface area contributed by atoms with Crippen LogP contribution >= 0.6 is 0 Å². The van der Waals surface area contributed by atoms with Gasteiger partial charge in [0.25, 0.3) is 0 Å². The molecular weight excluding hydrogens is 250 g/mol. The number of carbonyl (C=O) groups excluding carboxylic acids is 1. The van der Waals surface area contributed by atoms with E-state index < -0.39 is 5.60 Å². The van der Waals surface area contributed by atoms with Gasteiger partial charge in [0, 0.05) is 12.5 Å². The van der Waals surface area contributed by atoms with Gasteiger partial charge in [-0.05, 0) is 42.4 Å². The lowest BCUT2D eigenvalue weighted by Gasteiger charge is -2.36. The number of hydrogen-bond donors (Lipinski definition) is 2. The molecule has 0 radical (unpaired) electrons. The van der Waals surface area contributed by atoms with E-state index in [0.717, 1.165) is 31.6 Å². The minimum Gasteiger partial charge on any atom is -0.388 e. The predicted octanol–water partition coefficient (Wildman–Crippen LogP) is 3.12. The van der Waals surface area contributed by atoms with Gasteiger partial charge in [-0.2, -0.15) is 0 Å². The van der Waals surface area contributed by atoms with Crippen LogP contribution in [0.5, 0.6) is 0 Å². The maximum Gasteiger partial charge on any atom is 0.224 e. The molecule has 2 rings (SSSR count). The monoisotopic (exact) mass is 281 g/mol. The zero-order valence-corrected chi connectivity index (χ0v) is 13.8. The lowest BCUT2D eigenvalue weighted by molar-refractivity contribution is -0.125. The first-order valence-electron chi connectivity index (χ1n) is 8.14. The molecule has 0 unspecified atom stereocenters. The highest BCUT2D eigenvalue weighted by Crippen LogP contribution is 2.68. The van der Waals surface area contributed by atoms with Gasteiger partial charge in [-0.25, -0.2) is 0 Å². The molecule has 3 heteroatoms. The molecule has 2 fully saturated rings. The Morgan fingerprint density at radius 1 is 1.15 bits per heavy atom. The molecule has 20 heavy (non-hydrogen) atoms. The van der Waals surface area contributed by atoms with E-state index in [4.69, 9.17) is 0 Å². The van der Waals surface area contributed by atoms with Crippen LogP contribution in [0.1, 0.15) is 66.7 Å². The molecule has 0 heterocycles. The van der Waals surface area contributed by atoms with Gasteiger partial charge < -0.3 is 10.4 Å². The van der Waals surface area contributed by atoms with Crippen LogP contribution in [0.15, 0.2) is 0 Å². The van der Waals surface area contributed by atoms with Crippen LogP contribution in [0.25, 0.3) is 0 Å². The molecule has 3 nitrogen and oxygen atoms in total. The Labute approximate surface area is 123 Å². The van der Waals surface area contributed by atoms with E-state index in [1.807, 2.05) is 0 Å². The Hall–Kier alpha value is -0.570. The van der Waals surface area contributed by atoms with Gasteiger partial charge in [0.15, 0.2) is 0 Å². The van der Waals surface area contributed by atoms with Gasteiger partial charge in [0.05, 0.1) is 5.60 Å². The average molecular weight is 281 g/mol. The summed E-state index contributed by atoms with van der Waals surface area (Å²) in [6.07, 6.45) is 5.02. The van der Waals surface area contributed by atoms with Gasteiger partial charge in [0.1, 0.15) is 0 Å². The number of hydrogen-bond acceptors (Lipinski definition) is 2. The van der Waals surface area contributed by atoms with Gasteiger partial charge in [-0.3, -0.25) is 4.79 Å². The van der Waals surface area contributed by atoms with Crippen LogP contribution in [0.4, 0.5) is 0 Å². The maximum atomic E-state index is 12.3. The quantitative estimate of drug-likeness (QED) is 0.832. The van der Waals surface area contributed by atoms with Crippen LogP contribution in [0, 0.1) is 22.7 Å². The van der Waals surface area contributed by atoms with Crippen molar-refractivity contribution >= 4 is 5.91 Å². The van der Waals surface area contributed by atoms with E-state index >= 15 is 0 Å². The molecule has 0 aromatic carbocycles. The van der Waals surface area contributed by atoms with Crippen molar-refractivity contribution in [3.63, 3.8) is 0 Å². The first kappa shape index (κ1) is 15.8. The van der Waals surface area contributed by atoms with Crippen molar-refractivity contribution in [1.29, 1.82) is 0 Å². The molecule has 2 N–H and O–H groups in total. The van der Waals surface area contributed by atoms with Crippen LogP contribution in [0.3, 0.4) is 0 Å². The smallest absolute Gasteiger partial charge is 0.224 e. The summed E-state index contributed by atoms with van der Waals surface area (Å²) < 4.78 is 0. The summed E-state index contributed by atoms with van der Waals surface area (Å²) >= 11 is 0. The van der Waals surface area contributed by atoms with Crippen molar-refractivity contribution < 1.29 is 9.90 Å². The average Bonchev–Trinajstić information content (AvgIpc) is 2.78. The third kappa shape index (κ3) is 2.61. The van der Waals surface area contributed by atoms with Crippen LogP contribution in [-0.4, -0.2) is 23.2 Å². The Morgan fingerprint density at radius 3 is 2.05 bits per heavy atom. The SMILES string of the molecule is CCC1CCC(O)(CNC(=O)C2C(C)(C)C2(C)C)CC1. The zero-order valence-electron chi connectivity index (χ0n) is 13.8. The van der Waals surface area contributed by atoms with Crippen LogP contribution < -0.4 is 5.32 Å². The summed E-state index contributed by atoms with van der Waals surface area (Å²) in [5, 5.41) is 13.6. The minimum atomic E-state index is -0.676. The summed E-state index contributed by atoms with van der Waals surface area (Å²) in [7, 11) is 0. The third-order valence-corrected chi connectivity index (χ3v) is 6.49. The fourth-order valence-electron chi connectivity index (χ4n) is 4.01. The van der Waals surface area contributed by atoms with Gasteiger partial charge >= 0.3 is 0 Å². The van der Waals surface area contributed by atoms with Crippen molar-refractivity contribution in [2.45, 2.75) is 72.3 Å². The van der Waals surface area contributed by atoms with E-state index in [1.165, 1.54) is 6.42 Å². The summed E-state index contributed by atoms with van der Waals surface area (Å²) in [6.45, 7) is 11.2. The Morgan fingerprint density at radius 2 is 1.65 bits per heavy atom. The number of nitrogens with one attached hydrogen (secondary N) is 1. The summed E-state index contributed by atoms with van der Waals surface area (Å²) in [5.41, 5.74) is -0.538. The number of aliphatic hydroxyl groups is 1. The summed E-state index contributed by atoms with van der Waals surface area (Å²) in [5.74, 6) is 0.948. The van der Waals surface area contributed by atoms with Gasteiger partial charge in [-0.15, -0.1) is 0 Å². The molecule has 0 aromatic rings. The van der Waals surface area contributed by atoms with E-state index in [2.05, 4.69) is 39.9 Å². The molecule has 116 valence electrons. The molecular formula is C17H31NO2. The van der Waals surface area contributed by atoms with Gasteiger partial charge in [0.2, 0.25) is 5.91 Å². The number of rotatable bonds is 4. The van der Waals surface area contributed by atoms with Crippen molar-refractivity contribution in [1.82, 2.24) is 5.32 Å². The minimum absolute atomic E-state index is 0.0690. The molecule has 0 aromatic heterocycles. The molecule has 1 amide bonds. The van der Waals surface area contributed by atoms with Crippen LogP contribution in [-0.2, 0) is 4.79 Å². The molecule has 2 aliphatic rings. The normalized spacial score (nSPS) is 35.6. The second-order valence-electron chi connectivity index (χ2n) is 8.17. The number of amides is 1. The Balaban J connectivity index is 1.83. The lowest BCUT2D eigenvalue weighted by Crippen LogP contribution is -2.46. The third-order valence-electron chi connectivity index (χ3n) is 6.49. The van der Waals surface area contributed by atoms with E-state index in [1.54, 1.807) is 0 Å². The fraction of sp³-hybridized carbons (Fsp3) is 0.941. The molecule has 0 spiro atoms. The zero-order chi connectivity index (χ0) is 15.2. The highest BCUT2D eigenvalue weighted by atomic mass is 16.3. The molecule has 2 aliphatic carbocycles. The second-order valence-corrected chi connectivity index (χ2v) is 8.17. The van der Waals surface area contributed by atoms with E-state index in [-0.39, 0.29) is 22.7 Å². The molecule has 0 bridgehead atoms. The second kappa shape index (κ2) is 5.01. The predicted molar refractivity (Wildman–Crippen MR) is 81.3 cm³/mol. The lowest BCUT2D eigenvalue weighted by atomic mass is 9.78. The highest BCUT2D eigenvalue weighted by molar-refractivity contribution is 5.84. The topological polar surface area (TPSA) is 49.3 Å². The fourth-order valence-corrected chi connectivity index (χ4v) is 4.01. The molecule has 0 saturated heterocycles. The maximum absolute atomic E-state index is 12.3. The summed E-state index contributed by atoms with van der Waals surface area (Å²) in [4.78, 5) is 12.3. The van der Waals surface area contributed by atoms with Gasteiger partial charge in [-0.1, -0.05) is 41.0 Å².